The predicted molar refractivity (Wildman–Crippen MR) is 76.5 cm³/mol. The summed E-state index contributed by atoms with van der Waals surface area (Å²) < 4.78 is 0. The summed E-state index contributed by atoms with van der Waals surface area (Å²) >= 11 is 0. The van der Waals surface area contributed by atoms with Crippen molar-refractivity contribution >= 4 is 5.69 Å². The first-order chi connectivity index (χ1) is 8.06. The van der Waals surface area contributed by atoms with E-state index >= 15 is 0 Å². The van der Waals surface area contributed by atoms with Gasteiger partial charge < -0.3 is 10.6 Å². The Labute approximate surface area is 106 Å². The van der Waals surface area contributed by atoms with Crippen LogP contribution in [-0.2, 0) is 0 Å². The minimum atomic E-state index is 0.207. The third kappa shape index (κ3) is 3.47. The number of nitrogens with two attached hydrogens (primary N) is 1. The Balaban J connectivity index is 2.90. The second-order valence-corrected chi connectivity index (χ2v) is 5.17. The third-order valence-corrected chi connectivity index (χ3v) is 3.76. The highest BCUT2D eigenvalue weighted by molar-refractivity contribution is 5.53. The van der Waals surface area contributed by atoms with Crippen molar-refractivity contribution in [2.24, 2.45) is 11.1 Å². The Morgan fingerprint density at radius 3 is 2.35 bits per heavy atom. The van der Waals surface area contributed by atoms with Crippen LogP contribution in [0.15, 0.2) is 24.3 Å². The molecule has 1 aromatic rings. The summed E-state index contributed by atoms with van der Waals surface area (Å²) in [6.45, 7) is 11.7. The van der Waals surface area contributed by atoms with Gasteiger partial charge in [-0.3, -0.25) is 0 Å². The molecule has 1 aromatic carbocycles. The molecule has 0 aliphatic rings. The van der Waals surface area contributed by atoms with Crippen LogP contribution in [0.25, 0.3) is 0 Å². The largest absolute Gasteiger partial charge is 0.371 e. The van der Waals surface area contributed by atoms with Gasteiger partial charge in [-0.1, -0.05) is 32.0 Å². The number of aryl methyl sites for hydroxylation is 1. The van der Waals surface area contributed by atoms with E-state index in [0.717, 1.165) is 26.1 Å². The van der Waals surface area contributed by atoms with E-state index in [-0.39, 0.29) is 5.41 Å². The average Bonchev–Trinajstić information content (AvgIpc) is 2.37. The van der Waals surface area contributed by atoms with Crippen molar-refractivity contribution in [1.29, 1.82) is 0 Å². The second-order valence-electron chi connectivity index (χ2n) is 5.17. The van der Waals surface area contributed by atoms with E-state index in [9.17, 15) is 0 Å². The summed E-state index contributed by atoms with van der Waals surface area (Å²) in [7, 11) is 0. The Kier molecular flexibility index (Phi) is 5.01. The monoisotopic (exact) mass is 234 g/mol. The molecule has 96 valence electrons. The number of benzene rings is 1. The Morgan fingerprint density at radius 2 is 1.88 bits per heavy atom. The Hall–Kier alpha value is -1.02. The van der Waals surface area contributed by atoms with Crippen molar-refractivity contribution in [2.75, 3.05) is 24.5 Å². The maximum Gasteiger partial charge on any atom is 0.0396 e. The second kappa shape index (κ2) is 6.06. The predicted octanol–water partition coefficient (Wildman–Crippen LogP) is 3.20. The Morgan fingerprint density at radius 1 is 1.24 bits per heavy atom. The molecule has 0 saturated carbocycles. The van der Waals surface area contributed by atoms with Crippen LogP contribution in [0.1, 0.15) is 32.8 Å². The molecule has 0 heterocycles. The number of para-hydroxylation sites is 1. The standard InChI is InChI=1S/C15H26N2/c1-5-15(4,11-16)12-17(6-2)14-10-8-7-9-13(14)3/h7-10H,5-6,11-12,16H2,1-4H3. The van der Waals surface area contributed by atoms with Gasteiger partial charge >= 0.3 is 0 Å². The van der Waals surface area contributed by atoms with Crippen LogP contribution >= 0.6 is 0 Å². The van der Waals surface area contributed by atoms with Gasteiger partial charge in [-0.25, -0.2) is 0 Å². The fraction of sp³-hybridized carbons (Fsp3) is 0.600. The molecule has 0 aliphatic carbocycles. The lowest BCUT2D eigenvalue weighted by Gasteiger charge is -2.35. The van der Waals surface area contributed by atoms with Crippen molar-refractivity contribution < 1.29 is 0 Å². The molecule has 0 aliphatic heterocycles. The molecule has 17 heavy (non-hydrogen) atoms. The summed E-state index contributed by atoms with van der Waals surface area (Å²) in [5.41, 5.74) is 8.79. The van der Waals surface area contributed by atoms with Crippen LogP contribution in [0.2, 0.25) is 0 Å². The van der Waals surface area contributed by atoms with Crippen LogP contribution in [0, 0.1) is 12.3 Å². The van der Waals surface area contributed by atoms with Gasteiger partial charge in [0.2, 0.25) is 0 Å². The minimum Gasteiger partial charge on any atom is -0.371 e. The van der Waals surface area contributed by atoms with Gasteiger partial charge in [-0.2, -0.15) is 0 Å². The zero-order valence-electron chi connectivity index (χ0n) is 11.7. The molecule has 0 fully saturated rings. The van der Waals surface area contributed by atoms with E-state index in [1.54, 1.807) is 0 Å². The SMILES string of the molecule is CCN(CC(C)(CC)CN)c1ccccc1C. The molecule has 2 nitrogen and oxygen atoms in total. The van der Waals surface area contributed by atoms with Gasteiger partial charge in [0, 0.05) is 18.8 Å². The molecule has 2 N–H and O–H groups in total. The fourth-order valence-electron chi connectivity index (χ4n) is 2.07. The lowest BCUT2D eigenvalue weighted by atomic mass is 9.87. The molecule has 1 unspecified atom stereocenters. The van der Waals surface area contributed by atoms with Crippen LogP contribution in [0.4, 0.5) is 5.69 Å². The van der Waals surface area contributed by atoms with E-state index in [0.29, 0.717) is 0 Å². The zero-order valence-corrected chi connectivity index (χ0v) is 11.7. The molecule has 1 atom stereocenters. The molecular weight excluding hydrogens is 208 g/mol. The highest BCUT2D eigenvalue weighted by Gasteiger charge is 2.23. The summed E-state index contributed by atoms with van der Waals surface area (Å²) in [6.07, 6.45) is 1.12. The van der Waals surface area contributed by atoms with Crippen LogP contribution < -0.4 is 10.6 Å². The summed E-state index contributed by atoms with van der Waals surface area (Å²) in [4.78, 5) is 2.44. The van der Waals surface area contributed by atoms with Crippen molar-refractivity contribution in [1.82, 2.24) is 0 Å². The fourth-order valence-corrected chi connectivity index (χ4v) is 2.07. The van der Waals surface area contributed by atoms with Crippen molar-refractivity contribution in [3.63, 3.8) is 0 Å². The zero-order chi connectivity index (χ0) is 12.9. The third-order valence-electron chi connectivity index (χ3n) is 3.76. The molecule has 1 rings (SSSR count). The molecule has 0 spiro atoms. The summed E-state index contributed by atoms with van der Waals surface area (Å²) in [5, 5.41) is 0. The quantitative estimate of drug-likeness (QED) is 0.819. The first kappa shape index (κ1) is 14.0. The summed E-state index contributed by atoms with van der Waals surface area (Å²) in [6, 6.07) is 8.57. The molecule has 0 bridgehead atoms. The van der Waals surface area contributed by atoms with Gasteiger partial charge in [0.1, 0.15) is 0 Å². The van der Waals surface area contributed by atoms with Crippen LogP contribution in [-0.4, -0.2) is 19.6 Å². The first-order valence-corrected chi connectivity index (χ1v) is 6.57. The smallest absolute Gasteiger partial charge is 0.0396 e. The van der Waals surface area contributed by atoms with Gasteiger partial charge in [-0.05, 0) is 43.9 Å². The molecular formula is C15H26N2. The summed E-state index contributed by atoms with van der Waals surface area (Å²) in [5.74, 6) is 0. The van der Waals surface area contributed by atoms with Crippen molar-refractivity contribution in [2.45, 2.75) is 34.1 Å². The molecule has 0 amide bonds. The maximum absolute atomic E-state index is 5.91. The van der Waals surface area contributed by atoms with Gasteiger partial charge in [0.15, 0.2) is 0 Å². The minimum absolute atomic E-state index is 0.207. The molecule has 0 radical (unpaired) electrons. The van der Waals surface area contributed by atoms with Crippen molar-refractivity contribution in [3.05, 3.63) is 29.8 Å². The highest BCUT2D eigenvalue weighted by atomic mass is 15.1. The topological polar surface area (TPSA) is 29.3 Å². The Bertz CT molecular complexity index is 343. The van der Waals surface area contributed by atoms with Crippen molar-refractivity contribution in [3.8, 4) is 0 Å². The number of hydrogen-bond donors (Lipinski definition) is 1. The van der Waals surface area contributed by atoms with Gasteiger partial charge in [0.05, 0.1) is 0 Å². The molecule has 0 saturated heterocycles. The lowest BCUT2D eigenvalue weighted by molar-refractivity contribution is 0.325. The number of nitrogens with zero attached hydrogens (tertiary/aromatic N) is 1. The number of hydrogen-bond acceptors (Lipinski definition) is 2. The normalized spacial score (nSPS) is 14.4. The van der Waals surface area contributed by atoms with Crippen LogP contribution in [0.3, 0.4) is 0 Å². The first-order valence-electron chi connectivity index (χ1n) is 6.57. The van der Waals surface area contributed by atoms with E-state index in [4.69, 9.17) is 5.73 Å². The van der Waals surface area contributed by atoms with E-state index < -0.39 is 0 Å². The van der Waals surface area contributed by atoms with E-state index in [1.807, 2.05) is 0 Å². The lowest BCUT2D eigenvalue weighted by Crippen LogP contribution is -2.40. The average molecular weight is 234 g/mol. The van der Waals surface area contributed by atoms with E-state index in [1.165, 1.54) is 11.3 Å². The van der Waals surface area contributed by atoms with Gasteiger partial charge in [0.25, 0.3) is 0 Å². The number of anilines is 1. The molecule has 0 aromatic heterocycles. The van der Waals surface area contributed by atoms with Crippen LogP contribution in [0.5, 0.6) is 0 Å². The van der Waals surface area contributed by atoms with E-state index in [2.05, 4.69) is 56.9 Å². The number of rotatable bonds is 6. The maximum atomic E-state index is 5.91. The molecule has 2 heteroatoms. The van der Waals surface area contributed by atoms with Gasteiger partial charge in [-0.15, -0.1) is 0 Å². The highest BCUT2D eigenvalue weighted by Crippen LogP contribution is 2.26.